The van der Waals surface area contributed by atoms with Gasteiger partial charge in [0, 0.05) is 0 Å². The van der Waals surface area contributed by atoms with E-state index in [1.165, 1.54) is 38.5 Å². The Morgan fingerprint density at radius 3 is 1.35 bits per heavy atom. The number of hydrogen-bond acceptors (Lipinski definition) is 6. The lowest BCUT2D eigenvalue weighted by molar-refractivity contribution is -0.169. The first-order valence-electron chi connectivity index (χ1n) is 19.7. The zero-order chi connectivity index (χ0) is 36.5. The Hall–Kier alpha value is -1.66. The molecule has 0 aliphatic heterocycles. The maximum atomic E-state index is 12.4. The molecule has 49 heavy (non-hydrogen) atoms. The van der Waals surface area contributed by atoms with Gasteiger partial charge in [0.25, 0.3) is 0 Å². The Balaban J connectivity index is 1.18. The molecule has 0 radical (unpaired) electrons. The van der Waals surface area contributed by atoms with Gasteiger partial charge in [0.05, 0.1) is 11.2 Å². The van der Waals surface area contributed by atoms with Gasteiger partial charge in [-0.05, 0) is 162 Å². The Bertz CT molecular complexity index is 1140. The number of allylic oxidation sites excluding steroid dienone is 2. The van der Waals surface area contributed by atoms with Crippen LogP contribution in [0.25, 0.3) is 0 Å². The number of carbonyl (C=O) groups excluding carboxylic acids is 2. The monoisotopic (exact) mass is 685 g/mol. The predicted molar refractivity (Wildman–Crippen MR) is 198 cm³/mol. The summed E-state index contributed by atoms with van der Waals surface area (Å²) in [6.07, 6.45) is 18.2. The number of rotatable bonds is 12. The van der Waals surface area contributed by atoms with Crippen LogP contribution in [0.3, 0.4) is 0 Å². The largest absolute Gasteiger partial charge is 0.461 e. The third-order valence-electron chi connectivity index (χ3n) is 14.8. The van der Waals surface area contributed by atoms with Gasteiger partial charge in [0.1, 0.15) is 19.6 Å². The highest BCUT2D eigenvalue weighted by molar-refractivity contribution is 5.91. The first-order chi connectivity index (χ1) is 22.6. The molecule has 0 aromatic rings. The summed E-state index contributed by atoms with van der Waals surface area (Å²) >= 11 is 0. The molecule has 0 saturated heterocycles. The van der Waals surface area contributed by atoms with E-state index in [1.54, 1.807) is 0 Å². The van der Waals surface area contributed by atoms with E-state index < -0.39 is 29.6 Å². The summed E-state index contributed by atoms with van der Waals surface area (Å²) in [6, 6.07) is 0. The molecule has 0 aromatic carbocycles. The number of ether oxygens (including phenoxy) is 2. The van der Waals surface area contributed by atoms with Crippen molar-refractivity contribution in [1.82, 2.24) is 0 Å². The number of hydrogen-bond donors (Lipinski definition) is 2. The molecular weight excluding hydrogens is 612 g/mol. The van der Waals surface area contributed by atoms with Crippen molar-refractivity contribution in [3.63, 3.8) is 0 Å². The smallest absolute Gasteiger partial charge is 0.317 e. The quantitative estimate of drug-likeness (QED) is 0.121. The maximum Gasteiger partial charge on any atom is 0.317 e. The third-order valence-corrected chi connectivity index (χ3v) is 14.8. The molecule has 4 aliphatic rings. The highest BCUT2D eigenvalue weighted by Crippen LogP contribution is 2.64. The molecule has 6 nitrogen and oxygen atoms in total. The van der Waals surface area contributed by atoms with Gasteiger partial charge in [0.15, 0.2) is 0 Å². The molecule has 0 amide bonds. The fourth-order valence-corrected chi connectivity index (χ4v) is 12.3. The molecule has 280 valence electrons. The molecule has 4 saturated carbocycles. The molecule has 4 fully saturated rings. The highest BCUT2D eigenvalue weighted by Gasteiger charge is 2.58. The van der Waals surface area contributed by atoms with Gasteiger partial charge in [-0.3, -0.25) is 9.59 Å². The predicted octanol–water partition coefficient (Wildman–Crippen LogP) is 9.90. The molecule has 0 spiro atoms. The van der Waals surface area contributed by atoms with Crippen LogP contribution in [0.1, 0.15) is 166 Å². The number of carbonyl (C=O) groups is 2. The van der Waals surface area contributed by atoms with Crippen molar-refractivity contribution >= 4 is 11.9 Å². The standard InChI is InChI=1S/C43H72O6/c1-30(13-15-34-40(7)23-11-21-38(3,4)32(40)17-25-42(34,9)46)19-27-48-36(44)29-37(45)49-28-20-31(2)14-16-35-41(8)24-12-22-39(5,6)33(41)18-26-43(35,10)47/h19-20,32-35,46-47H,11-18,21-29H2,1-10H3/b30-19+,31-20+/t32-,33-,34+,35+,40-,41-,42+,43+/m0/s1. The molecule has 0 bridgehead atoms. The van der Waals surface area contributed by atoms with Gasteiger partial charge in [-0.15, -0.1) is 0 Å². The summed E-state index contributed by atoms with van der Waals surface area (Å²) in [5.74, 6) is 0.564. The van der Waals surface area contributed by atoms with Crippen LogP contribution in [0, 0.1) is 45.3 Å². The van der Waals surface area contributed by atoms with Crippen molar-refractivity contribution < 1.29 is 29.3 Å². The maximum absolute atomic E-state index is 12.4. The van der Waals surface area contributed by atoms with Crippen molar-refractivity contribution in [2.45, 2.75) is 177 Å². The molecule has 4 rings (SSSR count). The summed E-state index contributed by atoms with van der Waals surface area (Å²) in [5.41, 5.74) is 1.84. The van der Waals surface area contributed by atoms with Crippen molar-refractivity contribution in [2.75, 3.05) is 13.2 Å². The Morgan fingerprint density at radius 2 is 0.980 bits per heavy atom. The molecule has 0 heterocycles. The van der Waals surface area contributed by atoms with Gasteiger partial charge < -0.3 is 19.7 Å². The SMILES string of the molecule is C/C(=C\COC(=O)CC(=O)OC/C=C(\C)CC[C@@H]1[C@@]2(C)CCCC(C)(C)[C@@H]2CC[C@@]1(C)O)CC[C@@H]1[C@@]2(C)CCCC(C)(C)[C@@H]2CC[C@@]1(C)O. The van der Waals surface area contributed by atoms with Crippen LogP contribution in [0.15, 0.2) is 23.3 Å². The highest BCUT2D eigenvalue weighted by atomic mass is 16.6. The average Bonchev–Trinajstić information content (AvgIpc) is 2.94. The van der Waals surface area contributed by atoms with Crippen LogP contribution in [0.2, 0.25) is 0 Å². The second kappa shape index (κ2) is 15.1. The zero-order valence-electron chi connectivity index (χ0n) is 33.0. The van der Waals surface area contributed by atoms with Crippen LogP contribution in [0.4, 0.5) is 0 Å². The van der Waals surface area contributed by atoms with Crippen LogP contribution >= 0.6 is 0 Å². The fraction of sp³-hybridized carbons (Fsp3) is 0.860. The van der Waals surface area contributed by atoms with Crippen molar-refractivity contribution in [3.8, 4) is 0 Å². The van der Waals surface area contributed by atoms with E-state index in [9.17, 15) is 19.8 Å². The van der Waals surface area contributed by atoms with Crippen molar-refractivity contribution in [3.05, 3.63) is 23.3 Å². The van der Waals surface area contributed by atoms with Gasteiger partial charge >= 0.3 is 11.9 Å². The Labute approximate surface area is 299 Å². The van der Waals surface area contributed by atoms with Gasteiger partial charge in [-0.25, -0.2) is 0 Å². The van der Waals surface area contributed by atoms with E-state index in [2.05, 4.69) is 55.4 Å². The first kappa shape index (κ1) is 40.1. The van der Waals surface area contributed by atoms with E-state index >= 15 is 0 Å². The molecular formula is C43H72O6. The van der Waals surface area contributed by atoms with Crippen molar-refractivity contribution in [1.29, 1.82) is 0 Å². The Morgan fingerprint density at radius 1 is 0.612 bits per heavy atom. The topological polar surface area (TPSA) is 93.1 Å². The lowest BCUT2D eigenvalue weighted by Gasteiger charge is -2.61. The molecule has 4 aliphatic carbocycles. The minimum atomic E-state index is -0.663. The average molecular weight is 685 g/mol. The molecule has 0 aromatic heterocycles. The Kier molecular flexibility index (Phi) is 12.4. The number of aliphatic hydroxyl groups is 2. The van der Waals surface area contributed by atoms with Crippen LogP contribution in [-0.2, 0) is 19.1 Å². The van der Waals surface area contributed by atoms with E-state index in [0.717, 1.165) is 62.5 Å². The van der Waals surface area contributed by atoms with E-state index in [1.807, 2.05) is 26.0 Å². The summed E-state index contributed by atoms with van der Waals surface area (Å²) in [7, 11) is 0. The van der Waals surface area contributed by atoms with Crippen LogP contribution < -0.4 is 0 Å². The fourth-order valence-electron chi connectivity index (χ4n) is 12.3. The molecule has 0 unspecified atom stereocenters. The minimum absolute atomic E-state index is 0.132. The molecule has 2 N–H and O–H groups in total. The second-order valence-electron chi connectivity index (χ2n) is 19.4. The summed E-state index contributed by atoms with van der Waals surface area (Å²) < 4.78 is 10.7. The normalized spacial score (nSPS) is 39.0. The summed E-state index contributed by atoms with van der Waals surface area (Å²) in [4.78, 5) is 24.8. The summed E-state index contributed by atoms with van der Waals surface area (Å²) in [6.45, 7) is 22.9. The second-order valence-corrected chi connectivity index (χ2v) is 19.4. The minimum Gasteiger partial charge on any atom is -0.461 e. The zero-order valence-corrected chi connectivity index (χ0v) is 33.0. The summed E-state index contributed by atoms with van der Waals surface area (Å²) in [5, 5.41) is 22.9. The van der Waals surface area contributed by atoms with Crippen molar-refractivity contribution in [2.24, 2.45) is 45.3 Å². The van der Waals surface area contributed by atoms with Crippen LogP contribution in [0.5, 0.6) is 0 Å². The first-order valence-corrected chi connectivity index (χ1v) is 19.7. The third kappa shape index (κ3) is 9.05. The van der Waals surface area contributed by atoms with E-state index in [0.29, 0.717) is 22.7 Å². The lowest BCUT2D eigenvalue weighted by Crippen LogP contribution is -2.57. The van der Waals surface area contributed by atoms with E-state index in [4.69, 9.17) is 9.47 Å². The lowest BCUT2D eigenvalue weighted by atomic mass is 9.45. The van der Waals surface area contributed by atoms with Gasteiger partial charge in [-0.1, -0.05) is 65.5 Å². The number of fused-ring (bicyclic) bond motifs is 2. The molecule has 8 atom stereocenters. The van der Waals surface area contributed by atoms with Gasteiger partial charge in [0.2, 0.25) is 0 Å². The van der Waals surface area contributed by atoms with Crippen LogP contribution in [-0.4, -0.2) is 46.6 Å². The number of esters is 2. The van der Waals surface area contributed by atoms with E-state index in [-0.39, 0.29) is 35.9 Å². The molecule has 6 heteroatoms. The van der Waals surface area contributed by atoms with Gasteiger partial charge in [-0.2, -0.15) is 0 Å².